The van der Waals surface area contributed by atoms with Gasteiger partial charge in [0.1, 0.15) is 11.8 Å². The Morgan fingerprint density at radius 2 is 1.78 bits per heavy atom. The van der Waals surface area contributed by atoms with Crippen molar-refractivity contribution >= 4 is 27.7 Å². The second kappa shape index (κ2) is 12.0. The highest BCUT2D eigenvalue weighted by Gasteiger charge is 2.30. The lowest BCUT2D eigenvalue weighted by Gasteiger charge is -2.33. The van der Waals surface area contributed by atoms with Gasteiger partial charge in [0.25, 0.3) is 5.91 Å². The maximum absolute atomic E-state index is 13.3. The van der Waals surface area contributed by atoms with Crippen LogP contribution >= 0.6 is 15.9 Å². The molecule has 0 spiro atoms. The van der Waals surface area contributed by atoms with Gasteiger partial charge in [0.05, 0.1) is 0 Å². The zero-order valence-corrected chi connectivity index (χ0v) is 20.6. The first-order valence-electron chi connectivity index (χ1n) is 11.5. The molecule has 3 rings (SSSR count). The lowest BCUT2D eigenvalue weighted by atomic mass is 9.95. The molecule has 0 aliphatic heterocycles. The van der Waals surface area contributed by atoms with Gasteiger partial charge in [-0.1, -0.05) is 66.4 Å². The number of hydrogen-bond acceptors (Lipinski definition) is 3. The SMILES string of the molecule is CC[C@@H](C(=O)NC1CCCCC1)N(Cc1ccccc1C)C(=O)COc1ccc(Br)cc1. The molecule has 0 saturated heterocycles. The summed E-state index contributed by atoms with van der Waals surface area (Å²) < 4.78 is 6.70. The van der Waals surface area contributed by atoms with Crippen LogP contribution in [-0.2, 0) is 16.1 Å². The smallest absolute Gasteiger partial charge is 0.261 e. The fourth-order valence-corrected chi connectivity index (χ4v) is 4.46. The monoisotopic (exact) mass is 500 g/mol. The van der Waals surface area contributed by atoms with Gasteiger partial charge in [-0.15, -0.1) is 0 Å². The molecule has 1 atom stereocenters. The first-order chi connectivity index (χ1) is 15.5. The molecule has 1 fully saturated rings. The fourth-order valence-electron chi connectivity index (χ4n) is 4.19. The number of benzene rings is 2. The van der Waals surface area contributed by atoms with Gasteiger partial charge in [0.15, 0.2) is 6.61 Å². The molecule has 2 amide bonds. The summed E-state index contributed by atoms with van der Waals surface area (Å²) >= 11 is 3.40. The number of nitrogens with zero attached hydrogens (tertiary/aromatic N) is 1. The summed E-state index contributed by atoms with van der Waals surface area (Å²) in [7, 11) is 0. The molecule has 2 aromatic carbocycles. The quantitative estimate of drug-likeness (QED) is 0.501. The number of amides is 2. The number of ether oxygens (including phenoxy) is 1. The van der Waals surface area contributed by atoms with Crippen LogP contribution in [-0.4, -0.2) is 35.4 Å². The van der Waals surface area contributed by atoms with Crippen LogP contribution < -0.4 is 10.1 Å². The van der Waals surface area contributed by atoms with Crippen molar-refractivity contribution in [2.24, 2.45) is 0 Å². The topological polar surface area (TPSA) is 58.6 Å². The summed E-state index contributed by atoms with van der Waals surface area (Å²) in [6.45, 7) is 4.25. The molecule has 0 radical (unpaired) electrons. The molecule has 0 bridgehead atoms. The normalized spacial score (nSPS) is 15.1. The van der Waals surface area contributed by atoms with E-state index in [-0.39, 0.29) is 24.5 Å². The molecule has 5 nitrogen and oxygen atoms in total. The second-order valence-corrected chi connectivity index (χ2v) is 9.37. The Morgan fingerprint density at radius 3 is 2.44 bits per heavy atom. The Hall–Kier alpha value is -2.34. The van der Waals surface area contributed by atoms with E-state index in [1.165, 1.54) is 6.42 Å². The number of carbonyl (C=O) groups is 2. The van der Waals surface area contributed by atoms with E-state index in [0.29, 0.717) is 18.7 Å². The van der Waals surface area contributed by atoms with Gasteiger partial charge in [0.2, 0.25) is 5.91 Å². The van der Waals surface area contributed by atoms with Crippen molar-refractivity contribution in [1.82, 2.24) is 10.2 Å². The van der Waals surface area contributed by atoms with Crippen molar-refractivity contribution in [1.29, 1.82) is 0 Å². The number of nitrogens with one attached hydrogen (secondary N) is 1. The van der Waals surface area contributed by atoms with E-state index in [1.54, 1.807) is 4.90 Å². The molecule has 1 aliphatic rings. The third-order valence-corrected chi connectivity index (χ3v) is 6.64. The molecule has 0 unspecified atom stereocenters. The number of halogens is 1. The first kappa shape index (κ1) is 24.3. The molecule has 6 heteroatoms. The summed E-state index contributed by atoms with van der Waals surface area (Å²) in [5.74, 6) is 0.365. The minimum Gasteiger partial charge on any atom is -0.484 e. The summed E-state index contributed by atoms with van der Waals surface area (Å²) in [6, 6.07) is 15.0. The number of aryl methyl sites for hydroxylation is 1. The zero-order valence-electron chi connectivity index (χ0n) is 19.0. The minimum absolute atomic E-state index is 0.0648. The van der Waals surface area contributed by atoms with E-state index in [1.807, 2.05) is 62.4 Å². The van der Waals surface area contributed by atoms with Gasteiger partial charge in [-0.05, 0) is 61.6 Å². The average Bonchev–Trinajstić information content (AvgIpc) is 2.80. The maximum Gasteiger partial charge on any atom is 0.261 e. The van der Waals surface area contributed by atoms with E-state index in [9.17, 15) is 9.59 Å². The molecular formula is C26H33BrN2O3. The summed E-state index contributed by atoms with van der Waals surface area (Å²) in [4.78, 5) is 28.2. The van der Waals surface area contributed by atoms with Gasteiger partial charge < -0.3 is 15.0 Å². The Labute approximate surface area is 199 Å². The molecule has 172 valence electrons. The van der Waals surface area contributed by atoms with Crippen molar-refractivity contribution in [3.8, 4) is 5.75 Å². The maximum atomic E-state index is 13.3. The van der Waals surface area contributed by atoms with Crippen molar-refractivity contribution in [3.05, 3.63) is 64.1 Å². The summed E-state index contributed by atoms with van der Waals surface area (Å²) in [5.41, 5.74) is 2.13. The first-order valence-corrected chi connectivity index (χ1v) is 12.3. The molecule has 1 aliphatic carbocycles. The molecular weight excluding hydrogens is 468 g/mol. The molecule has 1 saturated carbocycles. The van der Waals surface area contributed by atoms with Crippen LogP contribution in [0.5, 0.6) is 5.75 Å². The van der Waals surface area contributed by atoms with E-state index in [4.69, 9.17) is 4.74 Å². The van der Waals surface area contributed by atoms with Crippen LogP contribution in [0.15, 0.2) is 53.0 Å². The fraction of sp³-hybridized carbons (Fsp3) is 0.462. The highest BCUT2D eigenvalue weighted by Crippen LogP contribution is 2.20. The summed E-state index contributed by atoms with van der Waals surface area (Å²) in [6.07, 6.45) is 6.10. The molecule has 2 aromatic rings. The third kappa shape index (κ3) is 6.83. The van der Waals surface area contributed by atoms with Crippen molar-refractivity contribution in [3.63, 3.8) is 0 Å². The van der Waals surface area contributed by atoms with Gasteiger partial charge >= 0.3 is 0 Å². The van der Waals surface area contributed by atoms with Crippen molar-refractivity contribution < 1.29 is 14.3 Å². The Kier molecular flexibility index (Phi) is 9.15. The lowest BCUT2D eigenvalue weighted by Crippen LogP contribution is -2.52. The predicted octanol–water partition coefficient (Wildman–Crippen LogP) is 5.39. The van der Waals surface area contributed by atoms with Gasteiger partial charge in [-0.25, -0.2) is 0 Å². The van der Waals surface area contributed by atoms with Crippen LogP contribution in [0.4, 0.5) is 0 Å². The molecule has 0 aromatic heterocycles. The minimum atomic E-state index is -0.530. The van der Waals surface area contributed by atoms with E-state index < -0.39 is 6.04 Å². The van der Waals surface area contributed by atoms with Crippen LogP contribution in [0.25, 0.3) is 0 Å². The van der Waals surface area contributed by atoms with Crippen molar-refractivity contribution in [2.45, 2.75) is 71.0 Å². The molecule has 32 heavy (non-hydrogen) atoms. The van der Waals surface area contributed by atoms with E-state index >= 15 is 0 Å². The number of hydrogen-bond donors (Lipinski definition) is 1. The van der Waals surface area contributed by atoms with Crippen LogP contribution in [0.2, 0.25) is 0 Å². The standard InChI is InChI=1S/C26H33BrN2O3/c1-3-24(26(31)28-22-11-5-4-6-12-22)29(17-20-10-8-7-9-19(20)2)25(30)18-32-23-15-13-21(27)14-16-23/h7-10,13-16,22,24H,3-6,11-12,17-18H2,1-2H3,(H,28,31)/t24-/m0/s1. The largest absolute Gasteiger partial charge is 0.484 e. The second-order valence-electron chi connectivity index (χ2n) is 8.46. The number of rotatable bonds is 9. The lowest BCUT2D eigenvalue weighted by molar-refractivity contribution is -0.143. The Morgan fingerprint density at radius 1 is 1.09 bits per heavy atom. The molecule has 1 N–H and O–H groups in total. The molecule has 0 heterocycles. The Balaban J connectivity index is 1.75. The van der Waals surface area contributed by atoms with Crippen LogP contribution in [0.1, 0.15) is 56.6 Å². The van der Waals surface area contributed by atoms with E-state index in [2.05, 4.69) is 21.2 Å². The zero-order chi connectivity index (χ0) is 22.9. The highest BCUT2D eigenvalue weighted by atomic mass is 79.9. The third-order valence-electron chi connectivity index (χ3n) is 6.12. The van der Waals surface area contributed by atoms with Crippen LogP contribution in [0, 0.1) is 6.92 Å². The predicted molar refractivity (Wildman–Crippen MR) is 130 cm³/mol. The summed E-state index contributed by atoms with van der Waals surface area (Å²) in [5, 5.41) is 3.21. The van der Waals surface area contributed by atoms with E-state index in [0.717, 1.165) is 41.3 Å². The average molecular weight is 501 g/mol. The van der Waals surface area contributed by atoms with Gasteiger partial charge in [0, 0.05) is 17.1 Å². The van der Waals surface area contributed by atoms with Crippen LogP contribution in [0.3, 0.4) is 0 Å². The number of carbonyl (C=O) groups excluding carboxylic acids is 2. The van der Waals surface area contributed by atoms with Crippen molar-refractivity contribution in [2.75, 3.05) is 6.61 Å². The van der Waals surface area contributed by atoms with Gasteiger partial charge in [-0.2, -0.15) is 0 Å². The van der Waals surface area contributed by atoms with Gasteiger partial charge in [-0.3, -0.25) is 9.59 Å². The Bertz CT molecular complexity index is 894. The highest BCUT2D eigenvalue weighted by molar-refractivity contribution is 9.10.